The molecule has 5 aromatic heterocycles. The fraction of sp³-hybridized carbons (Fsp3) is 0.0769. The molecule has 5 heterocycles. The Hall–Kier alpha value is -4.52. The topological polar surface area (TPSA) is 86.4 Å². The summed E-state index contributed by atoms with van der Waals surface area (Å²) in [6, 6.07) is 20.4. The minimum Gasteiger partial charge on any atom is -0.378 e. The second-order valence-electron chi connectivity index (χ2n) is 8.16. The predicted molar refractivity (Wildman–Crippen MR) is 132 cm³/mol. The Balaban J connectivity index is 1.48. The van der Waals surface area contributed by atoms with E-state index in [2.05, 4.69) is 60.4 Å². The van der Waals surface area contributed by atoms with Crippen LogP contribution in [-0.4, -0.2) is 44.2 Å². The number of anilines is 1. The Morgan fingerprint density at radius 1 is 0.818 bits per heavy atom. The van der Waals surface area contributed by atoms with Crippen molar-refractivity contribution in [3.63, 3.8) is 0 Å². The van der Waals surface area contributed by atoms with Crippen LogP contribution in [0.2, 0.25) is 0 Å². The first-order chi connectivity index (χ1) is 16.2. The normalized spacial score (nSPS) is 11.3. The van der Waals surface area contributed by atoms with Gasteiger partial charge in [0.1, 0.15) is 11.2 Å². The third kappa shape index (κ3) is 3.30. The maximum atomic E-state index is 4.98. The molecule has 0 unspecified atom stereocenters. The summed E-state index contributed by atoms with van der Waals surface area (Å²) in [4.78, 5) is 19.4. The Labute approximate surface area is 190 Å². The van der Waals surface area contributed by atoms with Crippen molar-refractivity contribution in [2.75, 3.05) is 19.0 Å². The molecule has 0 saturated heterocycles. The van der Waals surface area contributed by atoms with E-state index in [4.69, 9.17) is 4.98 Å². The van der Waals surface area contributed by atoms with Crippen LogP contribution in [0.1, 0.15) is 0 Å². The monoisotopic (exact) mass is 431 g/mol. The standard InChI is InChI=1S/C26H21N7/c1-33(2)18-7-3-5-16(13-18)20-8-9-22-25(30-20)26(32-31-22)23-14-19-21(29-23)10-12-28-24(19)17-6-4-11-27-15-17/h3-15,29H,1-2H3,(H,31,32). The molecule has 7 heteroatoms. The van der Waals surface area contributed by atoms with E-state index >= 15 is 0 Å². The number of hydrogen-bond donors (Lipinski definition) is 2. The minimum absolute atomic E-state index is 0.781. The van der Waals surface area contributed by atoms with Gasteiger partial charge in [0.05, 0.1) is 22.6 Å². The van der Waals surface area contributed by atoms with Gasteiger partial charge in [-0.25, -0.2) is 4.98 Å². The third-order valence-electron chi connectivity index (χ3n) is 5.80. The highest BCUT2D eigenvalue weighted by Gasteiger charge is 2.16. The molecule has 0 saturated carbocycles. The van der Waals surface area contributed by atoms with Crippen LogP contribution >= 0.6 is 0 Å². The molecular weight excluding hydrogens is 410 g/mol. The van der Waals surface area contributed by atoms with Crippen LogP contribution in [0.3, 0.4) is 0 Å². The highest BCUT2D eigenvalue weighted by molar-refractivity contribution is 5.99. The average molecular weight is 432 g/mol. The maximum absolute atomic E-state index is 4.98. The van der Waals surface area contributed by atoms with E-state index < -0.39 is 0 Å². The Kier molecular flexibility index (Phi) is 4.40. The van der Waals surface area contributed by atoms with Crippen LogP contribution in [-0.2, 0) is 0 Å². The quantitative estimate of drug-likeness (QED) is 0.396. The first-order valence-electron chi connectivity index (χ1n) is 10.7. The molecule has 2 N–H and O–H groups in total. The molecule has 0 aliphatic heterocycles. The molecule has 1 aromatic carbocycles. The van der Waals surface area contributed by atoms with E-state index in [9.17, 15) is 0 Å². The van der Waals surface area contributed by atoms with Gasteiger partial charge in [0.15, 0.2) is 0 Å². The Morgan fingerprint density at radius 3 is 2.58 bits per heavy atom. The summed E-state index contributed by atoms with van der Waals surface area (Å²) in [5, 5.41) is 8.72. The van der Waals surface area contributed by atoms with Crippen molar-refractivity contribution in [3.05, 3.63) is 79.3 Å². The lowest BCUT2D eigenvalue weighted by Gasteiger charge is -2.13. The highest BCUT2D eigenvalue weighted by Crippen LogP contribution is 2.33. The van der Waals surface area contributed by atoms with Crippen LogP contribution in [0.4, 0.5) is 5.69 Å². The van der Waals surface area contributed by atoms with E-state index in [1.807, 2.05) is 56.8 Å². The number of aromatic nitrogens is 6. The summed E-state index contributed by atoms with van der Waals surface area (Å²) in [6.07, 6.45) is 5.40. The van der Waals surface area contributed by atoms with Gasteiger partial charge < -0.3 is 9.88 Å². The zero-order chi connectivity index (χ0) is 22.4. The molecule has 6 aromatic rings. The van der Waals surface area contributed by atoms with Crippen LogP contribution in [0.15, 0.2) is 79.3 Å². The number of nitrogens with zero attached hydrogens (tertiary/aromatic N) is 5. The van der Waals surface area contributed by atoms with Crippen LogP contribution in [0, 0.1) is 0 Å². The van der Waals surface area contributed by atoms with Crippen molar-refractivity contribution in [3.8, 4) is 33.9 Å². The fourth-order valence-corrected chi connectivity index (χ4v) is 4.11. The van der Waals surface area contributed by atoms with Crippen molar-refractivity contribution in [2.24, 2.45) is 0 Å². The fourth-order valence-electron chi connectivity index (χ4n) is 4.11. The van der Waals surface area contributed by atoms with Crippen molar-refractivity contribution in [1.29, 1.82) is 0 Å². The molecule has 0 bridgehead atoms. The summed E-state index contributed by atoms with van der Waals surface area (Å²) >= 11 is 0. The number of aromatic amines is 2. The lowest BCUT2D eigenvalue weighted by Crippen LogP contribution is -2.08. The molecule has 0 atom stereocenters. The summed E-state index contributed by atoms with van der Waals surface area (Å²) in [5.41, 5.74) is 9.34. The van der Waals surface area contributed by atoms with Crippen molar-refractivity contribution in [1.82, 2.24) is 30.1 Å². The van der Waals surface area contributed by atoms with Crippen molar-refractivity contribution in [2.45, 2.75) is 0 Å². The minimum atomic E-state index is 0.781. The van der Waals surface area contributed by atoms with Gasteiger partial charge in [-0.15, -0.1) is 0 Å². The van der Waals surface area contributed by atoms with Gasteiger partial charge in [-0.3, -0.25) is 15.1 Å². The molecule has 160 valence electrons. The van der Waals surface area contributed by atoms with Crippen molar-refractivity contribution >= 4 is 27.6 Å². The van der Waals surface area contributed by atoms with Crippen LogP contribution in [0.25, 0.3) is 55.8 Å². The van der Waals surface area contributed by atoms with Gasteiger partial charge in [-0.05, 0) is 48.5 Å². The molecule has 0 fully saturated rings. The second-order valence-corrected chi connectivity index (χ2v) is 8.16. The third-order valence-corrected chi connectivity index (χ3v) is 5.80. The molecule has 0 aliphatic rings. The molecular formula is C26H21N7. The first kappa shape index (κ1) is 19.2. The number of benzene rings is 1. The SMILES string of the molecule is CN(C)c1cccc(-c2ccc3[nH]nc(-c4cc5c(-c6cccnc6)nccc5[nH]4)c3n2)c1. The maximum Gasteiger partial charge on any atom is 0.135 e. The Morgan fingerprint density at radius 2 is 1.73 bits per heavy atom. The number of pyridine rings is 3. The van der Waals surface area contributed by atoms with Crippen LogP contribution < -0.4 is 4.90 Å². The number of nitrogens with one attached hydrogen (secondary N) is 2. The average Bonchev–Trinajstić information content (AvgIpc) is 3.48. The van der Waals surface area contributed by atoms with E-state index in [0.717, 1.165) is 61.5 Å². The molecule has 6 rings (SSSR count). The van der Waals surface area contributed by atoms with E-state index in [0.29, 0.717) is 0 Å². The first-order valence-corrected chi connectivity index (χ1v) is 10.7. The largest absolute Gasteiger partial charge is 0.378 e. The zero-order valence-electron chi connectivity index (χ0n) is 18.2. The van der Waals surface area contributed by atoms with E-state index in [1.54, 1.807) is 6.20 Å². The summed E-state index contributed by atoms with van der Waals surface area (Å²) in [5.74, 6) is 0. The predicted octanol–water partition coefficient (Wildman–Crippen LogP) is 5.30. The molecule has 0 spiro atoms. The number of hydrogen-bond acceptors (Lipinski definition) is 5. The number of H-pyrrole nitrogens is 2. The smallest absolute Gasteiger partial charge is 0.135 e. The van der Waals surface area contributed by atoms with Gasteiger partial charge in [0.2, 0.25) is 0 Å². The molecule has 0 aliphatic carbocycles. The lowest BCUT2D eigenvalue weighted by atomic mass is 10.1. The summed E-state index contributed by atoms with van der Waals surface area (Å²) in [7, 11) is 4.07. The van der Waals surface area contributed by atoms with Gasteiger partial charge in [0, 0.05) is 60.4 Å². The second kappa shape index (κ2) is 7.56. The van der Waals surface area contributed by atoms with Gasteiger partial charge in [0.25, 0.3) is 0 Å². The van der Waals surface area contributed by atoms with Gasteiger partial charge in [-0.1, -0.05) is 12.1 Å². The Bertz CT molecular complexity index is 1600. The van der Waals surface area contributed by atoms with Gasteiger partial charge in [-0.2, -0.15) is 5.10 Å². The van der Waals surface area contributed by atoms with Crippen molar-refractivity contribution < 1.29 is 0 Å². The van der Waals surface area contributed by atoms with E-state index in [-0.39, 0.29) is 0 Å². The molecule has 33 heavy (non-hydrogen) atoms. The zero-order valence-corrected chi connectivity index (χ0v) is 18.2. The van der Waals surface area contributed by atoms with E-state index in [1.165, 1.54) is 0 Å². The molecule has 7 nitrogen and oxygen atoms in total. The number of rotatable bonds is 4. The van der Waals surface area contributed by atoms with Gasteiger partial charge >= 0.3 is 0 Å². The molecule has 0 amide bonds. The highest BCUT2D eigenvalue weighted by atomic mass is 15.1. The number of fused-ring (bicyclic) bond motifs is 2. The molecule has 0 radical (unpaired) electrons. The summed E-state index contributed by atoms with van der Waals surface area (Å²) < 4.78 is 0. The lowest BCUT2D eigenvalue weighted by molar-refractivity contribution is 1.12. The van der Waals surface area contributed by atoms with Crippen LogP contribution in [0.5, 0.6) is 0 Å². The summed E-state index contributed by atoms with van der Waals surface area (Å²) in [6.45, 7) is 0.